The Bertz CT molecular complexity index is 908. The molecule has 2 unspecified atom stereocenters. The standard InChI is InChI=1S/C23H26O3/c1-20(2,3)23-21(4,5)14-24-22(23,25-26-23)17-10-11-19-16(13-17)12-15-8-6-7-9-18(15)19/h6-11,13H,12,14H2,1-5H3. The highest BCUT2D eigenvalue weighted by Crippen LogP contribution is 2.69. The summed E-state index contributed by atoms with van der Waals surface area (Å²) >= 11 is 0. The molecule has 3 aliphatic rings. The second-order valence-corrected chi connectivity index (χ2v) is 9.59. The highest BCUT2D eigenvalue weighted by atomic mass is 17.3. The molecule has 0 amide bonds. The van der Waals surface area contributed by atoms with Crippen molar-refractivity contribution in [3.05, 3.63) is 59.2 Å². The fourth-order valence-corrected chi connectivity index (χ4v) is 5.59. The van der Waals surface area contributed by atoms with E-state index in [-0.39, 0.29) is 10.8 Å². The summed E-state index contributed by atoms with van der Waals surface area (Å²) in [7, 11) is 0. The fraction of sp³-hybridized carbons (Fsp3) is 0.478. The molecule has 0 saturated carbocycles. The van der Waals surface area contributed by atoms with Crippen LogP contribution in [0.2, 0.25) is 0 Å². The van der Waals surface area contributed by atoms with Gasteiger partial charge in [-0.15, -0.1) is 0 Å². The van der Waals surface area contributed by atoms with E-state index < -0.39 is 11.4 Å². The van der Waals surface area contributed by atoms with Gasteiger partial charge in [0.25, 0.3) is 5.79 Å². The van der Waals surface area contributed by atoms with E-state index in [9.17, 15) is 0 Å². The van der Waals surface area contributed by atoms with Crippen molar-refractivity contribution in [2.75, 3.05) is 6.61 Å². The molecule has 2 atom stereocenters. The second-order valence-electron chi connectivity index (χ2n) is 9.59. The maximum absolute atomic E-state index is 6.36. The Labute approximate surface area is 155 Å². The van der Waals surface area contributed by atoms with Crippen molar-refractivity contribution in [2.45, 2.75) is 52.4 Å². The van der Waals surface area contributed by atoms with Crippen LogP contribution in [0, 0.1) is 10.8 Å². The minimum atomic E-state index is -0.835. The summed E-state index contributed by atoms with van der Waals surface area (Å²) in [5, 5.41) is 0. The van der Waals surface area contributed by atoms with Crippen LogP contribution in [0.3, 0.4) is 0 Å². The summed E-state index contributed by atoms with van der Waals surface area (Å²) in [5.74, 6) is -0.835. The van der Waals surface area contributed by atoms with Crippen LogP contribution in [0.15, 0.2) is 42.5 Å². The quantitative estimate of drug-likeness (QED) is 0.564. The molecule has 2 aromatic carbocycles. The van der Waals surface area contributed by atoms with Gasteiger partial charge in [-0.2, -0.15) is 4.89 Å². The fourth-order valence-electron chi connectivity index (χ4n) is 5.59. The number of ether oxygens (including phenoxy) is 1. The van der Waals surface area contributed by atoms with Crippen LogP contribution < -0.4 is 0 Å². The van der Waals surface area contributed by atoms with E-state index in [0.717, 1.165) is 12.0 Å². The summed E-state index contributed by atoms with van der Waals surface area (Å²) < 4.78 is 6.36. The largest absolute Gasteiger partial charge is 0.341 e. The summed E-state index contributed by atoms with van der Waals surface area (Å²) in [5.41, 5.74) is 5.65. The van der Waals surface area contributed by atoms with Crippen LogP contribution in [0.25, 0.3) is 11.1 Å². The Morgan fingerprint density at radius 2 is 1.62 bits per heavy atom. The minimum Gasteiger partial charge on any atom is -0.341 e. The molecule has 3 nitrogen and oxygen atoms in total. The number of benzene rings is 2. The topological polar surface area (TPSA) is 27.7 Å². The Morgan fingerprint density at radius 3 is 2.31 bits per heavy atom. The van der Waals surface area contributed by atoms with Crippen molar-refractivity contribution in [3.8, 4) is 11.1 Å². The zero-order chi connectivity index (χ0) is 18.4. The zero-order valence-corrected chi connectivity index (χ0v) is 16.2. The molecule has 2 aliphatic heterocycles. The molecule has 2 heterocycles. The third-order valence-corrected chi connectivity index (χ3v) is 6.57. The third kappa shape index (κ3) is 1.70. The smallest absolute Gasteiger partial charge is 0.261 e. The molecule has 0 radical (unpaired) electrons. The highest BCUT2D eigenvalue weighted by molar-refractivity contribution is 5.77. The summed E-state index contributed by atoms with van der Waals surface area (Å²) in [6.45, 7) is 11.7. The first kappa shape index (κ1) is 16.5. The van der Waals surface area contributed by atoms with E-state index in [2.05, 4.69) is 77.1 Å². The lowest BCUT2D eigenvalue weighted by Crippen LogP contribution is -2.73. The number of rotatable bonds is 1. The molecule has 2 aromatic rings. The van der Waals surface area contributed by atoms with Gasteiger partial charge in [-0.25, -0.2) is 4.89 Å². The Balaban J connectivity index is 1.65. The molecule has 0 aromatic heterocycles. The highest BCUT2D eigenvalue weighted by Gasteiger charge is 2.81. The first-order valence-corrected chi connectivity index (χ1v) is 9.44. The zero-order valence-electron chi connectivity index (χ0n) is 16.2. The SMILES string of the molecule is CC(C)(C)C12OOC1(c1ccc3c(c1)Cc1ccccc1-3)OCC2(C)C. The van der Waals surface area contributed by atoms with Gasteiger partial charge >= 0.3 is 0 Å². The van der Waals surface area contributed by atoms with Crippen molar-refractivity contribution >= 4 is 0 Å². The van der Waals surface area contributed by atoms with E-state index in [1.165, 1.54) is 22.3 Å². The van der Waals surface area contributed by atoms with E-state index in [0.29, 0.717) is 6.61 Å². The van der Waals surface area contributed by atoms with Crippen LogP contribution in [0.1, 0.15) is 51.3 Å². The predicted molar refractivity (Wildman–Crippen MR) is 100 cm³/mol. The summed E-state index contributed by atoms with van der Waals surface area (Å²) in [6, 6.07) is 15.3. The van der Waals surface area contributed by atoms with E-state index in [1.807, 2.05) is 0 Å². The third-order valence-electron chi connectivity index (χ3n) is 6.57. The van der Waals surface area contributed by atoms with Crippen molar-refractivity contribution in [1.29, 1.82) is 0 Å². The predicted octanol–water partition coefficient (Wildman–Crippen LogP) is 5.21. The average molecular weight is 350 g/mol. The van der Waals surface area contributed by atoms with Gasteiger partial charge in [0, 0.05) is 16.4 Å². The van der Waals surface area contributed by atoms with E-state index in [4.69, 9.17) is 14.5 Å². The number of hydrogen-bond donors (Lipinski definition) is 0. The number of fused-ring (bicyclic) bond motifs is 4. The van der Waals surface area contributed by atoms with Crippen molar-refractivity contribution in [1.82, 2.24) is 0 Å². The molecule has 0 bridgehead atoms. The lowest BCUT2D eigenvalue weighted by atomic mass is 9.57. The first-order valence-electron chi connectivity index (χ1n) is 9.44. The molecule has 2 fully saturated rings. The van der Waals surface area contributed by atoms with Gasteiger partial charge in [-0.3, -0.25) is 0 Å². The van der Waals surface area contributed by atoms with Gasteiger partial charge < -0.3 is 4.74 Å². The van der Waals surface area contributed by atoms with Crippen LogP contribution in [0.4, 0.5) is 0 Å². The molecule has 26 heavy (non-hydrogen) atoms. The second kappa shape index (κ2) is 4.78. The summed E-state index contributed by atoms with van der Waals surface area (Å²) in [6.07, 6.45) is 0.961. The maximum Gasteiger partial charge on any atom is 0.261 e. The Hall–Kier alpha value is -1.68. The van der Waals surface area contributed by atoms with Gasteiger partial charge in [-0.1, -0.05) is 71.0 Å². The number of hydrogen-bond acceptors (Lipinski definition) is 3. The molecule has 1 aliphatic carbocycles. The van der Waals surface area contributed by atoms with Crippen molar-refractivity contribution in [3.63, 3.8) is 0 Å². The normalized spacial score (nSPS) is 31.1. The van der Waals surface area contributed by atoms with Crippen LogP contribution in [0.5, 0.6) is 0 Å². The lowest BCUT2D eigenvalue weighted by molar-refractivity contribution is -0.626. The summed E-state index contributed by atoms with van der Waals surface area (Å²) in [4.78, 5) is 11.7. The van der Waals surface area contributed by atoms with Crippen molar-refractivity contribution in [2.24, 2.45) is 10.8 Å². The van der Waals surface area contributed by atoms with Gasteiger partial charge in [0.05, 0.1) is 6.61 Å². The van der Waals surface area contributed by atoms with Crippen LogP contribution in [-0.2, 0) is 26.7 Å². The first-order chi connectivity index (χ1) is 12.2. The molecule has 5 rings (SSSR count). The molecule has 0 N–H and O–H groups in total. The van der Waals surface area contributed by atoms with Gasteiger partial charge in [0.15, 0.2) is 5.60 Å². The van der Waals surface area contributed by atoms with Gasteiger partial charge in [0.2, 0.25) is 0 Å². The molecule has 136 valence electrons. The van der Waals surface area contributed by atoms with Gasteiger partial charge in [-0.05, 0) is 34.7 Å². The van der Waals surface area contributed by atoms with Crippen LogP contribution >= 0.6 is 0 Å². The Kier molecular flexibility index (Phi) is 3.03. The van der Waals surface area contributed by atoms with Crippen molar-refractivity contribution < 1.29 is 14.5 Å². The lowest BCUT2D eigenvalue weighted by Gasteiger charge is -2.61. The van der Waals surface area contributed by atoms with E-state index in [1.54, 1.807) is 0 Å². The molecule has 0 spiro atoms. The van der Waals surface area contributed by atoms with E-state index >= 15 is 0 Å². The molecular formula is C23H26O3. The van der Waals surface area contributed by atoms with Gasteiger partial charge in [0.1, 0.15) is 0 Å². The molecular weight excluding hydrogens is 324 g/mol. The van der Waals surface area contributed by atoms with Crippen LogP contribution in [-0.4, -0.2) is 12.2 Å². The Morgan fingerprint density at radius 1 is 0.885 bits per heavy atom. The maximum atomic E-state index is 6.36. The molecule has 3 heteroatoms. The monoisotopic (exact) mass is 350 g/mol. The average Bonchev–Trinajstić information content (AvgIpc) is 2.97. The molecule has 2 saturated heterocycles. The minimum absolute atomic E-state index is 0.132.